The Kier molecular flexibility index (Phi) is 4.65. The molecule has 0 fully saturated rings. The summed E-state index contributed by atoms with van der Waals surface area (Å²) in [5.74, 6) is -0.686. The Hall–Kier alpha value is -2.56. The normalized spacial score (nSPS) is 10.4. The number of hydrogen-bond donors (Lipinski definition) is 2. The summed E-state index contributed by atoms with van der Waals surface area (Å²) >= 11 is 0. The van der Waals surface area contributed by atoms with Crippen molar-refractivity contribution in [1.29, 1.82) is 0 Å². The lowest BCUT2D eigenvalue weighted by Crippen LogP contribution is -2.15. The minimum atomic E-state index is -0.413. The number of carbonyl (C=O) groups excluding carboxylic acids is 2. The molecule has 116 valence electrons. The van der Waals surface area contributed by atoms with E-state index in [1.54, 1.807) is 20.8 Å². The number of carbonyl (C=O) groups is 2. The first-order valence-electron chi connectivity index (χ1n) is 7.19. The van der Waals surface area contributed by atoms with Crippen LogP contribution in [0.4, 0.5) is 5.69 Å². The van der Waals surface area contributed by atoms with Gasteiger partial charge in [-0.05, 0) is 44.9 Å². The molecule has 5 heteroatoms. The zero-order valence-electron chi connectivity index (χ0n) is 13.2. The van der Waals surface area contributed by atoms with Crippen LogP contribution in [0.15, 0.2) is 24.3 Å². The van der Waals surface area contributed by atoms with Gasteiger partial charge in [-0.1, -0.05) is 18.2 Å². The number of aromatic nitrogens is 1. The summed E-state index contributed by atoms with van der Waals surface area (Å²) in [6.45, 7) is 7.47. The predicted molar refractivity (Wildman–Crippen MR) is 85.4 cm³/mol. The molecule has 0 saturated carbocycles. The standard InChI is InChI=1S/C17H20N2O3/c1-5-22-17(21)14-11(3)15(18-12(14)4)16(20)19-13-9-7-6-8-10(13)2/h6-9,18H,5H2,1-4H3,(H,19,20). The number of benzene rings is 1. The van der Waals surface area contributed by atoms with E-state index >= 15 is 0 Å². The lowest BCUT2D eigenvalue weighted by molar-refractivity contribution is 0.0525. The number of hydrogen-bond acceptors (Lipinski definition) is 3. The fourth-order valence-electron chi connectivity index (χ4n) is 2.38. The molecule has 0 aliphatic heterocycles. The van der Waals surface area contributed by atoms with Gasteiger partial charge >= 0.3 is 5.97 Å². The number of aryl methyl sites for hydroxylation is 2. The molecule has 0 bridgehead atoms. The van der Waals surface area contributed by atoms with Gasteiger partial charge in [0.2, 0.25) is 0 Å². The van der Waals surface area contributed by atoms with Crippen LogP contribution in [0, 0.1) is 20.8 Å². The van der Waals surface area contributed by atoms with E-state index in [0.29, 0.717) is 29.1 Å². The highest BCUT2D eigenvalue weighted by Gasteiger charge is 2.23. The Morgan fingerprint density at radius 3 is 2.50 bits per heavy atom. The first kappa shape index (κ1) is 15.8. The van der Waals surface area contributed by atoms with Crippen LogP contribution in [0.5, 0.6) is 0 Å². The van der Waals surface area contributed by atoms with E-state index in [1.165, 1.54) is 0 Å². The molecule has 2 aromatic rings. The molecule has 1 aromatic heterocycles. The van der Waals surface area contributed by atoms with Gasteiger partial charge in [0.1, 0.15) is 5.69 Å². The van der Waals surface area contributed by atoms with Gasteiger partial charge < -0.3 is 15.0 Å². The molecule has 2 rings (SSSR count). The van der Waals surface area contributed by atoms with Crippen LogP contribution in [0.2, 0.25) is 0 Å². The zero-order chi connectivity index (χ0) is 16.3. The first-order valence-corrected chi connectivity index (χ1v) is 7.19. The lowest BCUT2D eigenvalue weighted by atomic mass is 10.1. The van der Waals surface area contributed by atoms with Gasteiger partial charge in [0.15, 0.2) is 0 Å². The molecule has 0 atom stereocenters. The fourth-order valence-corrected chi connectivity index (χ4v) is 2.38. The maximum atomic E-state index is 12.4. The van der Waals surface area contributed by atoms with E-state index < -0.39 is 5.97 Å². The number of H-pyrrole nitrogens is 1. The molecular formula is C17H20N2O3. The smallest absolute Gasteiger partial charge is 0.340 e. The molecule has 0 spiro atoms. The topological polar surface area (TPSA) is 71.2 Å². The maximum Gasteiger partial charge on any atom is 0.340 e. The SMILES string of the molecule is CCOC(=O)c1c(C)[nH]c(C(=O)Nc2ccccc2C)c1C. The van der Waals surface area contributed by atoms with Crippen molar-refractivity contribution in [3.05, 3.63) is 52.3 Å². The van der Waals surface area contributed by atoms with Crippen LogP contribution in [0.1, 0.15) is 44.6 Å². The predicted octanol–water partition coefficient (Wildman–Crippen LogP) is 3.37. The van der Waals surface area contributed by atoms with E-state index in [-0.39, 0.29) is 5.91 Å². The molecule has 0 unspecified atom stereocenters. The summed E-state index contributed by atoms with van der Waals surface area (Å²) < 4.78 is 5.03. The van der Waals surface area contributed by atoms with Gasteiger partial charge in [0, 0.05) is 11.4 Å². The van der Waals surface area contributed by atoms with Crippen molar-refractivity contribution >= 4 is 17.6 Å². The third-order valence-corrected chi connectivity index (χ3v) is 3.54. The number of ether oxygens (including phenoxy) is 1. The van der Waals surface area contributed by atoms with Crippen LogP contribution in [-0.4, -0.2) is 23.5 Å². The van der Waals surface area contributed by atoms with Gasteiger partial charge in [0.05, 0.1) is 12.2 Å². The summed E-state index contributed by atoms with van der Waals surface area (Å²) in [7, 11) is 0. The summed E-state index contributed by atoms with van der Waals surface area (Å²) in [4.78, 5) is 27.4. The number of esters is 1. The molecule has 1 amide bonds. The van der Waals surface area contributed by atoms with E-state index in [2.05, 4.69) is 10.3 Å². The molecule has 0 radical (unpaired) electrons. The van der Waals surface area contributed by atoms with Crippen molar-refractivity contribution < 1.29 is 14.3 Å². The van der Waals surface area contributed by atoms with Crippen LogP contribution < -0.4 is 5.32 Å². The van der Waals surface area contributed by atoms with Gasteiger partial charge in [-0.25, -0.2) is 4.79 Å². The number of rotatable bonds is 4. The molecule has 2 N–H and O–H groups in total. The lowest BCUT2D eigenvalue weighted by Gasteiger charge is -2.08. The zero-order valence-corrected chi connectivity index (χ0v) is 13.2. The molecular weight excluding hydrogens is 280 g/mol. The highest BCUT2D eigenvalue weighted by molar-refractivity contribution is 6.07. The monoisotopic (exact) mass is 300 g/mol. The number of para-hydroxylation sites is 1. The Morgan fingerprint density at radius 2 is 1.86 bits per heavy atom. The number of nitrogens with one attached hydrogen (secondary N) is 2. The van der Waals surface area contributed by atoms with E-state index in [9.17, 15) is 9.59 Å². The van der Waals surface area contributed by atoms with Crippen LogP contribution >= 0.6 is 0 Å². The highest BCUT2D eigenvalue weighted by Crippen LogP contribution is 2.21. The third-order valence-electron chi connectivity index (χ3n) is 3.54. The largest absolute Gasteiger partial charge is 0.462 e. The number of aromatic amines is 1. The molecule has 1 aromatic carbocycles. The van der Waals surface area contributed by atoms with Crippen molar-refractivity contribution in [2.24, 2.45) is 0 Å². The summed E-state index contributed by atoms with van der Waals surface area (Å²) in [6, 6.07) is 7.53. The second-order valence-corrected chi connectivity index (χ2v) is 5.11. The van der Waals surface area contributed by atoms with Crippen molar-refractivity contribution in [2.45, 2.75) is 27.7 Å². The summed E-state index contributed by atoms with van der Waals surface area (Å²) in [5.41, 5.74) is 3.76. The van der Waals surface area contributed by atoms with Gasteiger partial charge in [0.25, 0.3) is 5.91 Å². The maximum absolute atomic E-state index is 12.4. The van der Waals surface area contributed by atoms with Crippen LogP contribution in [-0.2, 0) is 4.74 Å². The average Bonchev–Trinajstić information content (AvgIpc) is 2.77. The van der Waals surface area contributed by atoms with E-state index in [1.807, 2.05) is 31.2 Å². The van der Waals surface area contributed by atoms with E-state index in [4.69, 9.17) is 4.74 Å². The molecule has 5 nitrogen and oxygen atoms in total. The van der Waals surface area contributed by atoms with Gasteiger partial charge in [-0.15, -0.1) is 0 Å². The quantitative estimate of drug-likeness (QED) is 0.850. The van der Waals surface area contributed by atoms with Crippen LogP contribution in [0.3, 0.4) is 0 Å². The Balaban J connectivity index is 2.30. The Labute approximate surface area is 129 Å². The number of amides is 1. The minimum absolute atomic E-state index is 0.273. The van der Waals surface area contributed by atoms with Gasteiger partial charge in [-0.2, -0.15) is 0 Å². The second-order valence-electron chi connectivity index (χ2n) is 5.11. The Morgan fingerprint density at radius 1 is 1.18 bits per heavy atom. The molecule has 0 aliphatic carbocycles. The van der Waals surface area contributed by atoms with Crippen molar-refractivity contribution in [3.63, 3.8) is 0 Å². The van der Waals surface area contributed by atoms with Crippen LogP contribution in [0.25, 0.3) is 0 Å². The Bertz CT molecular complexity index is 717. The minimum Gasteiger partial charge on any atom is -0.462 e. The highest BCUT2D eigenvalue weighted by atomic mass is 16.5. The summed E-state index contributed by atoms with van der Waals surface area (Å²) in [6.07, 6.45) is 0. The average molecular weight is 300 g/mol. The second kappa shape index (κ2) is 6.47. The summed E-state index contributed by atoms with van der Waals surface area (Å²) in [5, 5.41) is 2.86. The fraction of sp³-hybridized carbons (Fsp3) is 0.294. The number of anilines is 1. The molecule has 0 aliphatic rings. The van der Waals surface area contributed by atoms with Crippen molar-refractivity contribution in [2.75, 3.05) is 11.9 Å². The third kappa shape index (κ3) is 3.03. The van der Waals surface area contributed by atoms with Gasteiger partial charge in [-0.3, -0.25) is 4.79 Å². The first-order chi connectivity index (χ1) is 10.5. The van der Waals surface area contributed by atoms with Crippen molar-refractivity contribution in [1.82, 2.24) is 4.98 Å². The molecule has 22 heavy (non-hydrogen) atoms. The molecule has 1 heterocycles. The van der Waals surface area contributed by atoms with Crippen molar-refractivity contribution in [3.8, 4) is 0 Å². The molecule has 0 saturated heterocycles. The van der Waals surface area contributed by atoms with E-state index in [0.717, 1.165) is 11.3 Å².